The Kier molecular flexibility index (Phi) is 5.68. The number of ether oxygens (including phenoxy) is 1. The molecular formula is C11H11BrFIO2. The van der Waals surface area contributed by atoms with Crippen LogP contribution < -0.4 is 0 Å². The van der Waals surface area contributed by atoms with Crippen LogP contribution in [-0.2, 0) is 4.74 Å². The van der Waals surface area contributed by atoms with E-state index in [0.29, 0.717) is 14.6 Å². The number of esters is 1. The van der Waals surface area contributed by atoms with E-state index in [1.807, 2.05) is 29.5 Å². The van der Waals surface area contributed by atoms with Crippen molar-refractivity contribution in [2.75, 3.05) is 6.61 Å². The van der Waals surface area contributed by atoms with Crippen molar-refractivity contribution in [3.8, 4) is 0 Å². The fraction of sp³-hybridized carbons (Fsp3) is 0.364. The Bertz CT molecular complexity index is 396. The van der Waals surface area contributed by atoms with Gasteiger partial charge < -0.3 is 4.74 Å². The summed E-state index contributed by atoms with van der Waals surface area (Å²) < 4.78 is 19.3. The van der Waals surface area contributed by atoms with Crippen LogP contribution in [0.15, 0.2) is 16.6 Å². The molecule has 88 valence electrons. The first-order valence-electron chi connectivity index (χ1n) is 4.88. The van der Waals surface area contributed by atoms with Gasteiger partial charge in [-0.2, -0.15) is 0 Å². The van der Waals surface area contributed by atoms with Crippen LogP contribution in [0.5, 0.6) is 0 Å². The molecule has 0 N–H and O–H groups in total. The third-order valence-electron chi connectivity index (χ3n) is 1.96. The smallest absolute Gasteiger partial charge is 0.339 e. The highest BCUT2D eigenvalue weighted by molar-refractivity contribution is 14.1. The number of carbonyl (C=O) groups is 1. The third-order valence-corrected chi connectivity index (χ3v) is 3.46. The molecule has 0 unspecified atom stereocenters. The highest BCUT2D eigenvalue weighted by atomic mass is 127. The Labute approximate surface area is 116 Å². The van der Waals surface area contributed by atoms with Crippen LogP contribution in [0.1, 0.15) is 30.1 Å². The van der Waals surface area contributed by atoms with E-state index in [4.69, 9.17) is 4.74 Å². The monoisotopic (exact) mass is 400 g/mol. The molecule has 16 heavy (non-hydrogen) atoms. The van der Waals surface area contributed by atoms with Gasteiger partial charge in [0.25, 0.3) is 0 Å². The van der Waals surface area contributed by atoms with Crippen molar-refractivity contribution in [1.29, 1.82) is 0 Å². The third kappa shape index (κ3) is 3.69. The van der Waals surface area contributed by atoms with Gasteiger partial charge in [0.05, 0.1) is 16.6 Å². The molecule has 0 aliphatic carbocycles. The van der Waals surface area contributed by atoms with Crippen LogP contribution in [0.4, 0.5) is 4.39 Å². The number of unbranched alkanes of at least 4 members (excludes halogenated alkanes) is 1. The van der Waals surface area contributed by atoms with E-state index in [1.165, 1.54) is 6.07 Å². The lowest BCUT2D eigenvalue weighted by Crippen LogP contribution is -2.08. The number of hydrogen-bond acceptors (Lipinski definition) is 2. The molecule has 0 saturated heterocycles. The lowest BCUT2D eigenvalue weighted by atomic mass is 10.2. The summed E-state index contributed by atoms with van der Waals surface area (Å²) in [4.78, 5) is 11.6. The molecule has 0 bridgehead atoms. The van der Waals surface area contributed by atoms with Crippen LogP contribution in [0.3, 0.4) is 0 Å². The maximum absolute atomic E-state index is 13.2. The SMILES string of the molecule is CCCCOC(=O)c1cc(F)c(Br)cc1I. The number of rotatable bonds is 4. The van der Waals surface area contributed by atoms with E-state index >= 15 is 0 Å². The molecular weight excluding hydrogens is 390 g/mol. The maximum Gasteiger partial charge on any atom is 0.339 e. The van der Waals surface area contributed by atoms with E-state index in [2.05, 4.69) is 15.9 Å². The first-order valence-corrected chi connectivity index (χ1v) is 6.75. The summed E-state index contributed by atoms with van der Waals surface area (Å²) in [6.07, 6.45) is 1.78. The van der Waals surface area contributed by atoms with Gasteiger partial charge in [-0.05, 0) is 57.1 Å². The lowest BCUT2D eigenvalue weighted by Gasteiger charge is -2.06. The predicted octanol–water partition coefficient (Wildman–Crippen LogP) is 4.15. The first-order chi connectivity index (χ1) is 7.56. The molecule has 0 spiro atoms. The van der Waals surface area contributed by atoms with E-state index in [-0.39, 0.29) is 5.56 Å². The fourth-order valence-electron chi connectivity index (χ4n) is 1.07. The number of carbonyl (C=O) groups excluding carboxylic acids is 1. The van der Waals surface area contributed by atoms with Crippen molar-refractivity contribution in [1.82, 2.24) is 0 Å². The van der Waals surface area contributed by atoms with Gasteiger partial charge in [0.2, 0.25) is 0 Å². The molecule has 0 aromatic heterocycles. The molecule has 1 aromatic rings. The highest BCUT2D eigenvalue weighted by Gasteiger charge is 2.14. The standard InChI is InChI=1S/C11H11BrFIO2/c1-2-3-4-16-11(15)7-5-9(13)8(12)6-10(7)14/h5-6H,2-4H2,1H3. The Hall–Kier alpha value is -0.170. The summed E-state index contributed by atoms with van der Waals surface area (Å²) in [6, 6.07) is 2.76. The van der Waals surface area contributed by atoms with Crippen molar-refractivity contribution >= 4 is 44.5 Å². The summed E-state index contributed by atoms with van der Waals surface area (Å²) in [7, 11) is 0. The van der Waals surface area contributed by atoms with E-state index < -0.39 is 11.8 Å². The maximum atomic E-state index is 13.2. The molecule has 2 nitrogen and oxygen atoms in total. The van der Waals surface area contributed by atoms with Gasteiger partial charge in [0, 0.05) is 3.57 Å². The molecule has 0 amide bonds. The molecule has 0 radical (unpaired) electrons. The van der Waals surface area contributed by atoms with Gasteiger partial charge in [0.1, 0.15) is 5.82 Å². The van der Waals surface area contributed by atoms with Gasteiger partial charge in [0.15, 0.2) is 0 Å². The molecule has 0 aliphatic rings. The van der Waals surface area contributed by atoms with Crippen molar-refractivity contribution in [3.05, 3.63) is 31.6 Å². The summed E-state index contributed by atoms with van der Waals surface area (Å²) in [5.41, 5.74) is 0.275. The molecule has 0 aliphatic heterocycles. The minimum Gasteiger partial charge on any atom is -0.462 e. The zero-order valence-electron chi connectivity index (χ0n) is 8.73. The lowest BCUT2D eigenvalue weighted by molar-refractivity contribution is 0.0498. The molecule has 1 rings (SSSR count). The number of hydrogen-bond donors (Lipinski definition) is 0. The normalized spacial score (nSPS) is 10.2. The van der Waals surface area contributed by atoms with Crippen LogP contribution in [0.25, 0.3) is 0 Å². The summed E-state index contributed by atoms with van der Waals surface area (Å²) >= 11 is 5.04. The number of benzene rings is 1. The van der Waals surface area contributed by atoms with Gasteiger partial charge in [-0.3, -0.25) is 0 Å². The highest BCUT2D eigenvalue weighted by Crippen LogP contribution is 2.22. The largest absolute Gasteiger partial charge is 0.462 e. The quantitative estimate of drug-likeness (QED) is 0.328. The van der Waals surface area contributed by atoms with Crippen LogP contribution >= 0.6 is 38.5 Å². The topological polar surface area (TPSA) is 26.3 Å². The van der Waals surface area contributed by atoms with Gasteiger partial charge in [-0.1, -0.05) is 13.3 Å². The second kappa shape index (κ2) is 6.54. The van der Waals surface area contributed by atoms with Crippen molar-refractivity contribution in [2.45, 2.75) is 19.8 Å². The van der Waals surface area contributed by atoms with E-state index in [1.54, 1.807) is 6.07 Å². The van der Waals surface area contributed by atoms with Crippen molar-refractivity contribution < 1.29 is 13.9 Å². The van der Waals surface area contributed by atoms with Gasteiger partial charge >= 0.3 is 5.97 Å². The van der Waals surface area contributed by atoms with Crippen molar-refractivity contribution in [3.63, 3.8) is 0 Å². The average Bonchev–Trinajstić information content (AvgIpc) is 2.23. The number of halogens is 3. The molecule has 0 saturated carbocycles. The molecule has 0 fully saturated rings. The summed E-state index contributed by atoms with van der Waals surface area (Å²) in [5, 5.41) is 0. The average molecular weight is 401 g/mol. The Balaban J connectivity index is 2.79. The van der Waals surface area contributed by atoms with Crippen molar-refractivity contribution in [2.24, 2.45) is 0 Å². The fourth-order valence-corrected chi connectivity index (χ4v) is 2.52. The Morgan fingerprint density at radius 3 is 2.88 bits per heavy atom. The zero-order chi connectivity index (χ0) is 12.1. The summed E-state index contributed by atoms with van der Waals surface area (Å²) in [5.74, 6) is -0.924. The Morgan fingerprint density at radius 2 is 2.25 bits per heavy atom. The van der Waals surface area contributed by atoms with Crippen LogP contribution in [-0.4, -0.2) is 12.6 Å². The second-order valence-corrected chi connectivity index (χ2v) is 5.25. The van der Waals surface area contributed by atoms with E-state index in [0.717, 1.165) is 12.8 Å². The zero-order valence-corrected chi connectivity index (χ0v) is 12.5. The first kappa shape index (κ1) is 13.9. The molecule has 1 aromatic carbocycles. The van der Waals surface area contributed by atoms with Crippen LogP contribution in [0, 0.1) is 9.39 Å². The van der Waals surface area contributed by atoms with E-state index in [9.17, 15) is 9.18 Å². The second-order valence-electron chi connectivity index (χ2n) is 3.24. The molecule has 0 heterocycles. The molecule has 5 heteroatoms. The minimum atomic E-state index is -0.468. The Morgan fingerprint density at radius 1 is 1.56 bits per heavy atom. The minimum absolute atomic E-state index is 0.275. The molecule has 0 atom stereocenters. The van der Waals surface area contributed by atoms with Crippen LogP contribution in [0.2, 0.25) is 0 Å². The summed E-state index contributed by atoms with van der Waals surface area (Å²) in [6.45, 7) is 2.39. The van der Waals surface area contributed by atoms with Gasteiger partial charge in [-0.25, -0.2) is 9.18 Å². The van der Waals surface area contributed by atoms with Gasteiger partial charge in [-0.15, -0.1) is 0 Å². The predicted molar refractivity (Wildman–Crippen MR) is 72.0 cm³/mol.